The molecule has 0 amide bonds. The van der Waals surface area contributed by atoms with Gasteiger partial charge in [-0.25, -0.2) is 13.1 Å². The summed E-state index contributed by atoms with van der Waals surface area (Å²) in [6.45, 7) is 4.17. The Hall–Kier alpha value is -2.22. The van der Waals surface area contributed by atoms with E-state index in [1.807, 2.05) is 24.3 Å². The third kappa shape index (κ3) is 5.38. The minimum Gasteiger partial charge on any atom is -0.338 e. The van der Waals surface area contributed by atoms with E-state index in [0.717, 1.165) is 5.56 Å². The van der Waals surface area contributed by atoms with Crippen LogP contribution in [0.15, 0.2) is 53.1 Å². The van der Waals surface area contributed by atoms with Crippen LogP contribution in [0, 0.1) is 0 Å². The van der Waals surface area contributed by atoms with Crippen LogP contribution in [-0.4, -0.2) is 18.6 Å². The molecule has 1 heterocycles. The SMILES string of the molecule is CC(C)c1ccc(-c2noc(CNS(=O)(=O)Cc3cccc(Cl)c3)n2)cc1. The third-order valence-corrected chi connectivity index (χ3v) is 5.53. The molecule has 0 spiro atoms. The fraction of sp³-hybridized carbons (Fsp3) is 0.263. The van der Waals surface area contributed by atoms with E-state index >= 15 is 0 Å². The van der Waals surface area contributed by atoms with Crippen molar-refractivity contribution in [3.8, 4) is 11.4 Å². The largest absolute Gasteiger partial charge is 0.338 e. The van der Waals surface area contributed by atoms with Crippen LogP contribution in [-0.2, 0) is 22.3 Å². The van der Waals surface area contributed by atoms with E-state index in [0.29, 0.717) is 22.3 Å². The number of nitrogens with one attached hydrogen (secondary N) is 1. The van der Waals surface area contributed by atoms with Crippen molar-refractivity contribution in [2.75, 3.05) is 0 Å². The van der Waals surface area contributed by atoms with Crippen LogP contribution in [0.3, 0.4) is 0 Å². The van der Waals surface area contributed by atoms with E-state index in [1.165, 1.54) is 5.56 Å². The molecule has 8 heteroatoms. The second-order valence-electron chi connectivity index (χ2n) is 6.50. The fourth-order valence-corrected chi connectivity index (χ4v) is 3.81. The minimum absolute atomic E-state index is 0.0695. The second-order valence-corrected chi connectivity index (χ2v) is 8.74. The van der Waals surface area contributed by atoms with Gasteiger partial charge in [-0.3, -0.25) is 0 Å². The molecule has 3 rings (SSSR count). The van der Waals surface area contributed by atoms with Gasteiger partial charge >= 0.3 is 0 Å². The molecule has 2 aromatic carbocycles. The molecule has 0 aliphatic carbocycles. The Labute approximate surface area is 163 Å². The maximum Gasteiger partial charge on any atom is 0.242 e. The average molecular weight is 406 g/mol. The summed E-state index contributed by atoms with van der Waals surface area (Å²) >= 11 is 5.89. The molecular weight excluding hydrogens is 386 g/mol. The van der Waals surface area contributed by atoms with Gasteiger partial charge < -0.3 is 4.52 Å². The van der Waals surface area contributed by atoms with E-state index in [2.05, 4.69) is 28.7 Å². The summed E-state index contributed by atoms with van der Waals surface area (Å²) in [5.41, 5.74) is 2.64. The average Bonchev–Trinajstić information content (AvgIpc) is 3.09. The van der Waals surface area contributed by atoms with Crippen LogP contribution < -0.4 is 4.72 Å². The van der Waals surface area contributed by atoms with Gasteiger partial charge in [-0.2, -0.15) is 4.98 Å². The highest BCUT2D eigenvalue weighted by Gasteiger charge is 2.15. The quantitative estimate of drug-likeness (QED) is 0.638. The highest BCUT2D eigenvalue weighted by molar-refractivity contribution is 7.88. The first kappa shape index (κ1) is 19.5. The Balaban J connectivity index is 1.63. The van der Waals surface area contributed by atoms with Crippen LogP contribution in [0.1, 0.15) is 36.8 Å². The standard InChI is InChI=1S/C19H20ClN3O3S/c1-13(2)15-6-8-16(9-7-15)19-22-18(26-23-19)11-21-27(24,25)12-14-4-3-5-17(20)10-14/h3-10,13,21H,11-12H2,1-2H3. The third-order valence-electron chi connectivity index (χ3n) is 3.99. The zero-order valence-corrected chi connectivity index (χ0v) is 16.6. The summed E-state index contributed by atoms with van der Waals surface area (Å²) in [4.78, 5) is 4.25. The van der Waals surface area contributed by atoms with Crippen molar-refractivity contribution in [1.82, 2.24) is 14.9 Å². The Morgan fingerprint density at radius 2 is 1.89 bits per heavy atom. The molecule has 0 fully saturated rings. The van der Waals surface area contributed by atoms with E-state index in [-0.39, 0.29) is 18.2 Å². The topological polar surface area (TPSA) is 85.1 Å². The number of hydrogen-bond acceptors (Lipinski definition) is 5. The van der Waals surface area contributed by atoms with E-state index in [1.54, 1.807) is 24.3 Å². The van der Waals surface area contributed by atoms with Crippen molar-refractivity contribution in [3.05, 3.63) is 70.6 Å². The number of benzene rings is 2. The van der Waals surface area contributed by atoms with Crippen LogP contribution >= 0.6 is 11.6 Å². The summed E-state index contributed by atoms with van der Waals surface area (Å²) in [5, 5.41) is 4.41. The molecule has 0 aliphatic heterocycles. The van der Waals surface area contributed by atoms with E-state index in [4.69, 9.17) is 16.1 Å². The number of rotatable bonds is 7. The van der Waals surface area contributed by atoms with Crippen molar-refractivity contribution < 1.29 is 12.9 Å². The molecule has 3 aromatic rings. The molecule has 0 atom stereocenters. The first-order valence-corrected chi connectivity index (χ1v) is 10.5. The van der Waals surface area contributed by atoms with Gasteiger partial charge in [0, 0.05) is 10.6 Å². The smallest absolute Gasteiger partial charge is 0.242 e. The van der Waals surface area contributed by atoms with Crippen LogP contribution in [0.25, 0.3) is 11.4 Å². The molecule has 0 bridgehead atoms. The first-order valence-electron chi connectivity index (χ1n) is 8.47. The molecular formula is C19H20ClN3O3S. The fourth-order valence-electron chi connectivity index (χ4n) is 2.53. The molecule has 6 nitrogen and oxygen atoms in total. The predicted molar refractivity (Wildman–Crippen MR) is 105 cm³/mol. The maximum absolute atomic E-state index is 12.2. The minimum atomic E-state index is -3.56. The van der Waals surface area contributed by atoms with Crippen molar-refractivity contribution in [2.24, 2.45) is 0 Å². The lowest BCUT2D eigenvalue weighted by Gasteiger charge is -2.05. The van der Waals surface area contributed by atoms with Crippen LogP contribution in [0.5, 0.6) is 0 Å². The maximum atomic E-state index is 12.2. The zero-order chi connectivity index (χ0) is 19.4. The van der Waals surface area contributed by atoms with Crippen LogP contribution in [0.4, 0.5) is 0 Å². The summed E-state index contributed by atoms with van der Waals surface area (Å²) in [6.07, 6.45) is 0. The number of nitrogens with zero attached hydrogens (tertiary/aromatic N) is 2. The summed E-state index contributed by atoms with van der Waals surface area (Å²) in [5.74, 6) is 0.890. The van der Waals surface area contributed by atoms with Crippen LogP contribution in [0.2, 0.25) is 5.02 Å². The van der Waals surface area contributed by atoms with E-state index in [9.17, 15) is 8.42 Å². The summed E-state index contributed by atoms with van der Waals surface area (Å²) < 4.78 is 32.1. The van der Waals surface area contributed by atoms with Crippen molar-refractivity contribution in [2.45, 2.75) is 32.1 Å². The number of hydrogen-bond donors (Lipinski definition) is 1. The second kappa shape index (κ2) is 8.21. The lowest BCUT2D eigenvalue weighted by atomic mass is 10.0. The molecule has 27 heavy (non-hydrogen) atoms. The Bertz CT molecular complexity index is 1010. The van der Waals surface area contributed by atoms with Gasteiger partial charge in [0.05, 0.1) is 12.3 Å². The Kier molecular flexibility index (Phi) is 5.94. The monoisotopic (exact) mass is 405 g/mol. The number of sulfonamides is 1. The lowest BCUT2D eigenvalue weighted by Crippen LogP contribution is -2.24. The molecule has 0 saturated heterocycles. The van der Waals surface area contributed by atoms with Gasteiger partial charge in [0.1, 0.15) is 0 Å². The molecule has 0 aliphatic rings. The predicted octanol–water partition coefficient (Wildman–Crippen LogP) is 4.13. The van der Waals surface area contributed by atoms with Gasteiger partial charge in [-0.15, -0.1) is 0 Å². The van der Waals surface area contributed by atoms with Crippen molar-refractivity contribution in [1.29, 1.82) is 0 Å². The number of aromatic nitrogens is 2. The van der Waals surface area contributed by atoms with Gasteiger partial charge in [-0.05, 0) is 29.2 Å². The van der Waals surface area contributed by atoms with Crippen molar-refractivity contribution >= 4 is 21.6 Å². The first-order chi connectivity index (χ1) is 12.8. The molecule has 1 aromatic heterocycles. The Morgan fingerprint density at radius 3 is 2.56 bits per heavy atom. The van der Waals surface area contributed by atoms with Gasteiger partial charge in [0.2, 0.25) is 21.7 Å². The molecule has 0 unspecified atom stereocenters. The van der Waals surface area contributed by atoms with E-state index < -0.39 is 10.0 Å². The van der Waals surface area contributed by atoms with Gasteiger partial charge in [0.15, 0.2) is 0 Å². The lowest BCUT2D eigenvalue weighted by molar-refractivity contribution is 0.376. The molecule has 0 radical (unpaired) electrons. The molecule has 0 saturated carbocycles. The zero-order valence-electron chi connectivity index (χ0n) is 15.0. The Morgan fingerprint density at radius 1 is 1.15 bits per heavy atom. The summed E-state index contributed by atoms with van der Waals surface area (Å²) in [6, 6.07) is 14.6. The van der Waals surface area contributed by atoms with Crippen molar-refractivity contribution in [3.63, 3.8) is 0 Å². The van der Waals surface area contributed by atoms with Gasteiger partial charge in [-0.1, -0.05) is 67.0 Å². The molecule has 142 valence electrons. The normalized spacial score (nSPS) is 11.9. The highest BCUT2D eigenvalue weighted by Crippen LogP contribution is 2.20. The molecule has 1 N–H and O–H groups in total. The van der Waals surface area contributed by atoms with Gasteiger partial charge in [0.25, 0.3) is 0 Å². The number of halogens is 1. The summed E-state index contributed by atoms with van der Waals surface area (Å²) in [7, 11) is -3.56. The highest BCUT2D eigenvalue weighted by atomic mass is 35.5.